The van der Waals surface area contributed by atoms with E-state index in [2.05, 4.69) is 13.0 Å². The lowest BCUT2D eigenvalue weighted by molar-refractivity contribution is 1.69. The van der Waals surface area contributed by atoms with E-state index >= 15 is 0 Å². The van der Waals surface area contributed by atoms with Crippen molar-refractivity contribution in [3.05, 3.63) is 11.0 Å². The van der Waals surface area contributed by atoms with Crippen molar-refractivity contribution in [1.29, 1.82) is 0 Å². The van der Waals surface area contributed by atoms with Crippen molar-refractivity contribution >= 4 is 39.1 Å². The van der Waals surface area contributed by atoms with Gasteiger partial charge in [0.25, 0.3) is 0 Å². The molecule has 0 nitrogen and oxygen atoms in total. The van der Waals surface area contributed by atoms with Gasteiger partial charge in [-0.1, -0.05) is 12.2 Å². The fourth-order valence-corrected chi connectivity index (χ4v) is 2.89. The van der Waals surface area contributed by atoms with Crippen LogP contribution in [0.5, 0.6) is 0 Å². The molecule has 0 radical (unpaired) electrons. The van der Waals surface area contributed by atoms with Crippen LogP contribution in [0.3, 0.4) is 0 Å². The minimum absolute atomic E-state index is 0.982. The first-order valence-electron chi connectivity index (χ1n) is 2.98. The molecule has 0 aromatic carbocycles. The topological polar surface area (TPSA) is 0 Å². The SMILES string of the molecule is CC(=S)/C=C(/C)SC[SiH3]. The van der Waals surface area contributed by atoms with E-state index in [-0.39, 0.29) is 0 Å². The first-order valence-corrected chi connectivity index (χ1v) is 5.79. The molecule has 0 rings (SSSR count). The van der Waals surface area contributed by atoms with Crippen LogP contribution in [-0.2, 0) is 0 Å². The molecule has 0 aromatic heterocycles. The molecule has 0 unspecified atom stereocenters. The summed E-state index contributed by atoms with van der Waals surface area (Å²) < 4.78 is 0. The second-order valence-electron chi connectivity index (χ2n) is 1.80. The van der Waals surface area contributed by atoms with E-state index in [1.165, 1.54) is 20.5 Å². The summed E-state index contributed by atoms with van der Waals surface area (Å²) in [6, 6.07) is 0. The highest BCUT2D eigenvalue weighted by molar-refractivity contribution is 8.04. The highest BCUT2D eigenvalue weighted by Gasteiger charge is 1.86. The highest BCUT2D eigenvalue weighted by Crippen LogP contribution is 2.11. The molecule has 0 spiro atoms. The van der Waals surface area contributed by atoms with Crippen LogP contribution in [0.2, 0.25) is 0 Å². The fourth-order valence-electron chi connectivity index (χ4n) is 0.556. The summed E-state index contributed by atoms with van der Waals surface area (Å²) in [4.78, 5) is 2.33. The summed E-state index contributed by atoms with van der Waals surface area (Å²) >= 11 is 6.80. The molecule has 0 aliphatic rings. The van der Waals surface area contributed by atoms with Crippen molar-refractivity contribution < 1.29 is 0 Å². The Labute approximate surface area is 69.5 Å². The van der Waals surface area contributed by atoms with Gasteiger partial charge in [-0.2, -0.15) is 0 Å². The Kier molecular flexibility index (Phi) is 5.43. The molecule has 3 heteroatoms. The lowest BCUT2D eigenvalue weighted by Gasteiger charge is -1.94. The van der Waals surface area contributed by atoms with E-state index in [4.69, 9.17) is 12.2 Å². The van der Waals surface area contributed by atoms with Crippen molar-refractivity contribution in [2.24, 2.45) is 0 Å². The van der Waals surface area contributed by atoms with Gasteiger partial charge in [0.2, 0.25) is 0 Å². The number of allylic oxidation sites excluding steroid dienone is 2. The van der Waals surface area contributed by atoms with Crippen LogP contribution >= 0.6 is 24.0 Å². The Bertz CT molecular complexity index is 129. The monoisotopic (exact) mass is 176 g/mol. The third-order valence-electron chi connectivity index (χ3n) is 0.779. The highest BCUT2D eigenvalue weighted by atomic mass is 32.2. The first kappa shape index (κ1) is 9.40. The lowest BCUT2D eigenvalue weighted by atomic mass is 10.4. The fraction of sp³-hybridized carbons (Fsp3) is 0.500. The van der Waals surface area contributed by atoms with Gasteiger partial charge in [0.05, 0.1) is 0 Å². The predicted molar refractivity (Wildman–Crippen MR) is 54.4 cm³/mol. The minimum Gasteiger partial charge on any atom is -0.135 e. The maximum atomic E-state index is 4.91. The molecular formula is C6H12S2Si. The van der Waals surface area contributed by atoms with E-state index in [0.717, 1.165) is 4.86 Å². The molecular weight excluding hydrogens is 164 g/mol. The molecule has 0 saturated heterocycles. The van der Waals surface area contributed by atoms with Gasteiger partial charge in [-0.3, -0.25) is 0 Å². The number of rotatable bonds is 3. The molecule has 9 heavy (non-hydrogen) atoms. The van der Waals surface area contributed by atoms with Crippen LogP contribution in [0.15, 0.2) is 11.0 Å². The van der Waals surface area contributed by atoms with Gasteiger partial charge in [-0.05, 0) is 30.2 Å². The standard InChI is InChI=1S/C6H12S2Si/c1-5(7)3-6(2)8-4-9/h3H,4H2,1-2,9H3/b6-3-. The molecule has 0 N–H and O–H groups in total. The van der Waals surface area contributed by atoms with Gasteiger partial charge in [0.1, 0.15) is 0 Å². The van der Waals surface area contributed by atoms with E-state index in [0.29, 0.717) is 0 Å². The maximum absolute atomic E-state index is 4.91. The molecule has 0 fully saturated rings. The smallest absolute Gasteiger partial charge is 0.0157 e. The van der Waals surface area contributed by atoms with Crippen molar-refractivity contribution in [3.63, 3.8) is 0 Å². The Morgan fingerprint density at radius 2 is 2.22 bits per heavy atom. The van der Waals surface area contributed by atoms with Crippen molar-refractivity contribution in [3.8, 4) is 0 Å². The van der Waals surface area contributed by atoms with Crippen molar-refractivity contribution in [2.75, 3.05) is 5.38 Å². The summed E-state index contributed by atoms with van der Waals surface area (Å²) in [5.41, 5.74) is 0. The van der Waals surface area contributed by atoms with Gasteiger partial charge >= 0.3 is 0 Å². The van der Waals surface area contributed by atoms with Crippen LogP contribution in [0.25, 0.3) is 0 Å². The Hall–Kier alpha value is 0.397. The van der Waals surface area contributed by atoms with Gasteiger partial charge in [-0.25, -0.2) is 0 Å². The van der Waals surface area contributed by atoms with Gasteiger partial charge in [-0.15, -0.1) is 11.8 Å². The third kappa shape index (κ3) is 6.28. The van der Waals surface area contributed by atoms with Crippen LogP contribution in [0.4, 0.5) is 0 Å². The predicted octanol–water partition coefficient (Wildman–Crippen LogP) is 1.34. The zero-order valence-corrected chi connectivity index (χ0v) is 9.73. The van der Waals surface area contributed by atoms with Gasteiger partial charge in [0, 0.05) is 15.1 Å². The molecule has 0 atom stereocenters. The van der Waals surface area contributed by atoms with Crippen LogP contribution in [-0.4, -0.2) is 20.5 Å². The summed E-state index contributed by atoms with van der Waals surface area (Å²) in [6.07, 6.45) is 2.05. The third-order valence-corrected chi connectivity index (χ3v) is 2.62. The van der Waals surface area contributed by atoms with E-state index < -0.39 is 0 Å². The molecule has 0 heterocycles. The molecule has 0 amide bonds. The Balaban J connectivity index is 3.69. The quantitative estimate of drug-likeness (QED) is 0.361. The molecule has 0 saturated carbocycles. The lowest BCUT2D eigenvalue weighted by Crippen LogP contribution is -1.80. The second kappa shape index (κ2) is 5.20. The Morgan fingerprint density at radius 3 is 2.56 bits per heavy atom. The molecule has 0 aliphatic heterocycles. The summed E-state index contributed by atoms with van der Waals surface area (Å²) in [5.74, 6) is 0. The summed E-state index contributed by atoms with van der Waals surface area (Å²) in [6.45, 7) is 4.06. The number of hydrogen-bond donors (Lipinski definition) is 0. The molecule has 0 aromatic rings. The summed E-state index contributed by atoms with van der Waals surface area (Å²) in [7, 11) is 1.27. The molecule has 52 valence electrons. The average Bonchev–Trinajstić information content (AvgIpc) is 1.63. The summed E-state index contributed by atoms with van der Waals surface area (Å²) in [5, 5.41) is 1.27. The minimum atomic E-state index is 0.982. The molecule has 0 bridgehead atoms. The zero-order chi connectivity index (χ0) is 7.28. The Morgan fingerprint density at radius 1 is 1.67 bits per heavy atom. The van der Waals surface area contributed by atoms with E-state index in [9.17, 15) is 0 Å². The van der Waals surface area contributed by atoms with Crippen LogP contribution in [0, 0.1) is 0 Å². The largest absolute Gasteiger partial charge is 0.135 e. The first-order chi connectivity index (χ1) is 4.16. The molecule has 0 aliphatic carbocycles. The maximum Gasteiger partial charge on any atom is 0.0157 e. The van der Waals surface area contributed by atoms with Gasteiger partial charge in [0.15, 0.2) is 0 Å². The van der Waals surface area contributed by atoms with Crippen LogP contribution < -0.4 is 0 Å². The van der Waals surface area contributed by atoms with Crippen molar-refractivity contribution in [1.82, 2.24) is 0 Å². The van der Waals surface area contributed by atoms with Crippen LogP contribution in [0.1, 0.15) is 13.8 Å². The second-order valence-corrected chi connectivity index (χ2v) is 5.68. The van der Waals surface area contributed by atoms with Crippen molar-refractivity contribution in [2.45, 2.75) is 13.8 Å². The van der Waals surface area contributed by atoms with Gasteiger partial charge < -0.3 is 0 Å². The average molecular weight is 176 g/mol. The number of thiocarbonyl (C=S) groups is 1. The van der Waals surface area contributed by atoms with E-state index in [1.807, 2.05) is 18.7 Å². The van der Waals surface area contributed by atoms with E-state index in [1.54, 1.807) is 0 Å². The number of thioether (sulfide) groups is 1. The zero-order valence-electron chi connectivity index (χ0n) is 6.10. The normalized spacial score (nSPS) is 12.0. The number of hydrogen-bond acceptors (Lipinski definition) is 2.